The van der Waals surface area contributed by atoms with Crippen LogP contribution in [-0.4, -0.2) is 15.8 Å². The Morgan fingerprint density at radius 2 is 1.88 bits per heavy atom. The quantitative estimate of drug-likeness (QED) is 0.724. The number of nitrogens with one attached hydrogen (secondary N) is 1. The fraction of sp³-hybridized carbons (Fsp3) is 0.190. The van der Waals surface area contributed by atoms with Crippen LogP contribution in [0.25, 0.3) is 16.5 Å². The average Bonchev–Trinajstić information content (AvgIpc) is 2.68. The van der Waals surface area contributed by atoms with Crippen LogP contribution in [0.5, 0.6) is 0 Å². The topological polar surface area (TPSA) is 54.9 Å². The number of carbonyl (C=O) groups excluding carboxylic acids is 1. The van der Waals surface area contributed by atoms with Crippen LogP contribution in [-0.2, 0) is 4.79 Å². The molecule has 5 rings (SSSR count). The molecule has 3 heterocycles. The maximum atomic E-state index is 12.8. The molecule has 4 heteroatoms. The molecule has 1 N–H and O–H groups in total. The lowest BCUT2D eigenvalue weighted by atomic mass is 9.78. The number of allylic oxidation sites excluding steroid dienone is 1. The molecule has 0 radical (unpaired) electrons. The van der Waals surface area contributed by atoms with Gasteiger partial charge in [-0.2, -0.15) is 0 Å². The van der Waals surface area contributed by atoms with Gasteiger partial charge in [-0.05, 0) is 48.7 Å². The van der Waals surface area contributed by atoms with Crippen LogP contribution in [0.1, 0.15) is 36.6 Å². The minimum Gasteiger partial charge on any atom is -0.372 e. The Kier molecular flexibility index (Phi) is 3.17. The lowest BCUT2D eigenvalue weighted by molar-refractivity contribution is -0.116. The number of aromatic nitrogens is 2. The van der Waals surface area contributed by atoms with E-state index >= 15 is 0 Å². The second kappa shape index (κ2) is 5.52. The number of hydrogen-bond acceptors (Lipinski definition) is 4. The van der Waals surface area contributed by atoms with Crippen molar-refractivity contribution in [1.29, 1.82) is 0 Å². The van der Waals surface area contributed by atoms with Crippen LogP contribution in [0.3, 0.4) is 0 Å². The predicted molar refractivity (Wildman–Crippen MR) is 98.1 cm³/mol. The number of nitrogens with zero attached hydrogens (tertiary/aromatic N) is 2. The minimum atomic E-state index is -0.175. The summed E-state index contributed by atoms with van der Waals surface area (Å²) in [6.45, 7) is 0. The highest BCUT2D eigenvalue weighted by atomic mass is 16.1. The largest absolute Gasteiger partial charge is 0.372 e. The average molecular weight is 327 g/mol. The van der Waals surface area contributed by atoms with Crippen molar-refractivity contribution in [3.05, 3.63) is 71.7 Å². The van der Waals surface area contributed by atoms with Crippen LogP contribution >= 0.6 is 0 Å². The molecule has 0 amide bonds. The number of anilines is 1. The third kappa shape index (κ3) is 2.18. The fourth-order valence-corrected chi connectivity index (χ4v) is 4.05. The molecule has 0 bridgehead atoms. The van der Waals surface area contributed by atoms with E-state index in [2.05, 4.69) is 27.4 Å². The molecule has 1 aliphatic carbocycles. The number of Topliss-reactive ketones (excluding diaryl/α,β-unsaturated/α-hetero) is 1. The third-order valence-electron chi connectivity index (χ3n) is 5.12. The van der Waals surface area contributed by atoms with E-state index in [-0.39, 0.29) is 11.8 Å². The van der Waals surface area contributed by atoms with Crippen molar-refractivity contribution in [2.45, 2.75) is 25.3 Å². The summed E-state index contributed by atoms with van der Waals surface area (Å²) >= 11 is 0. The van der Waals surface area contributed by atoms with Crippen molar-refractivity contribution in [3.8, 4) is 0 Å². The SMILES string of the molecule is O=C1CCCC2=C1[C@H](c1ccccn1)Nc1ccc3ncccc3c12. The molecule has 1 aromatic carbocycles. The molecule has 0 fully saturated rings. The molecule has 3 aromatic rings. The zero-order valence-electron chi connectivity index (χ0n) is 13.7. The summed E-state index contributed by atoms with van der Waals surface area (Å²) < 4.78 is 0. The van der Waals surface area contributed by atoms with E-state index in [1.54, 1.807) is 6.20 Å². The summed E-state index contributed by atoms with van der Waals surface area (Å²) in [6.07, 6.45) is 6.03. The Bertz CT molecular complexity index is 1020. The Balaban J connectivity index is 1.81. The zero-order chi connectivity index (χ0) is 16.8. The molecule has 122 valence electrons. The van der Waals surface area contributed by atoms with E-state index in [1.165, 1.54) is 5.57 Å². The molecule has 1 atom stereocenters. The molecule has 0 unspecified atom stereocenters. The molecule has 25 heavy (non-hydrogen) atoms. The van der Waals surface area contributed by atoms with Crippen LogP contribution < -0.4 is 5.32 Å². The third-order valence-corrected chi connectivity index (χ3v) is 5.12. The number of rotatable bonds is 1. The summed E-state index contributed by atoms with van der Waals surface area (Å²) in [5.41, 5.74) is 6.10. The number of fused-ring (bicyclic) bond motifs is 4. The maximum absolute atomic E-state index is 12.8. The van der Waals surface area contributed by atoms with Crippen molar-refractivity contribution >= 4 is 27.9 Å². The van der Waals surface area contributed by atoms with Gasteiger partial charge in [0.15, 0.2) is 5.78 Å². The van der Waals surface area contributed by atoms with E-state index in [0.717, 1.165) is 46.3 Å². The first-order chi connectivity index (χ1) is 12.3. The van der Waals surface area contributed by atoms with E-state index in [9.17, 15) is 4.79 Å². The van der Waals surface area contributed by atoms with Crippen molar-refractivity contribution in [3.63, 3.8) is 0 Å². The molecule has 2 aromatic heterocycles. The van der Waals surface area contributed by atoms with Gasteiger partial charge in [-0.3, -0.25) is 14.8 Å². The summed E-state index contributed by atoms with van der Waals surface area (Å²) in [5.74, 6) is 0.232. The van der Waals surface area contributed by atoms with Gasteiger partial charge in [0.1, 0.15) is 0 Å². The van der Waals surface area contributed by atoms with E-state index in [4.69, 9.17) is 0 Å². The lowest BCUT2D eigenvalue weighted by Crippen LogP contribution is -2.27. The van der Waals surface area contributed by atoms with Crippen LogP contribution in [0.2, 0.25) is 0 Å². The Morgan fingerprint density at radius 1 is 0.960 bits per heavy atom. The van der Waals surface area contributed by atoms with E-state index < -0.39 is 0 Å². The molecule has 4 nitrogen and oxygen atoms in total. The number of benzene rings is 1. The van der Waals surface area contributed by atoms with Gasteiger partial charge in [-0.1, -0.05) is 12.1 Å². The second-order valence-electron chi connectivity index (χ2n) is 6.56. The van der Waals surface area contributed by atoms with Crippen molar-refractivity contribution in [1.82, 2.24) is 9.97 Å². The molecule has 1 aliphatic heterocycles. The van der Waals surface area contributed by atoms with Gasteiger partial charge >= 0.3 is 0 Å². The van der Waals surface area contributed by atoms with Gasteiger partial charge in [-0.15, -0.1) is 0 Å². The van der Waals surface area contributed by atoms with Gasteiger partial charge in [0.25, 0.3) is 0 Å². The minimum absolute atomic E-state index is 0.175. The van der Waals surface area contributed by atoms with Crippen molar-refractivity contribution in [2.24, 2.45) is 0 Å². The molecule has 2 aliphatic rings. The highest BCUT2D eigenvalue weighted by Crippen LogP contribution is 2.47. The van der Waals surface area contributed by atoms with Crippen molar-refractivity contribution < 1.29 is 4.79 Å². The predicted octanol–water partition coefficient (Wildman–Crippen LogP) is 4.30. The summed E-state index contributed by atoms with van der Waals surface area (Å²) in [6, 6.07) is 13.8. The summed E-state index contributed by atoms with van der Waals surface area (Å²) in [5, 5.41) is 4.67. The Hall–Kier alpha value is -3.01. The summed E-state index contributed by atoms with van der Waals surface area (Å²) in [4.78, 5) is 21.8. The maximum Gasteiger partial charge on any atom is 0.161 e. The molecule has 0 saturated carbocycles. The second-order valence-corrected chi connectivity index (χ2v) is 6.56. The fourth-order valence-electron chi connectivity index (χ4n) is 4.05. The van der Waals surface area contributed by atoms with Gasteiger partial charge in [0.05, 0.1) is 17.3 Å². The number of pyridine rings is 2. The molecular formula is C21H17N3O. The first kappa shape index (κ1) is 14.3. The highest BCUT2D eigenvalue weighted by Gasteiger charge is 2.35. The zero-order valence-corrected chi connectivity index (χ0v) is 13.7. The van der Waals surface area contributed by atoms with Crippen LogP contribution in [0, 0.1) is 0 Å². The Morgan fingerprint density at radius 3 is 2.76 bits per heavy atom. The van der Waals surface area contributed by atoms with Gasteiger partial charge in [0, 0.05) is 41.0 Å². The number of carbonyl (C=O) groups is 1. The molecule has 0 saturated heterocycles. The van der Waals surface area contributed by atoms with Crippen LogP contribution in [0.15, 0.2) is 60.4 Å². The first-order valence-corrected chi connectivity index (χ1v) is 8.65. The van der Waals surface area contributed by atoms with Gasteiger partial charge in [0.2, 0.25) is 0 Å². The summed E-state index contributed by atoms with van der Waals surface area (Å²) in [7, 11) is 0. The lowest BCUT2D eigenvalue weighted by Gasteiger charge is -2.34. The first-order valence-electron chi connectivity index (χ1n) is 8.65. The monoisotopic (exact) mass is 327 g/mol. The van der Waals surface area contributed by atoms with Gasteiger partial charge in [-0.25, -0.2) is 0 Å². The molecular weight excluding hydrogens is 310 g/mol. The highest BCUT2D eigenvalue weighted by molar-refractivity contribution is 6.12. The number of hydrogen-bond donors (Lipinski definition) is 1. The standard InChI is InChI=1S/C21H17N3O/c25-18-8-3-5-14-19-13-6-4-12-22-15(13)9-10-16(19)24-21(20(14)18)17-7-1-2-11-23-17/h1-2,4,6-7,9-12,21,24H,3,5,8H2/t21-/m0/s1. The normalized spacial score (nSPS) is 19.4. The molecule has 0 spiro atoms. The van der Waals surface area contributed by atoms with E-state index in [1.807, 2.05) is 36.5 Å². The van der Waals surface area contributed by atoms with Gasteiger partial charge < -0.3 is 5.32 Å². The Labute approximate surface area is 145 Å². The number of ketones is 1. The smallest absolute Gasteiger partial charge is 0.161 e. The van der Waals surface area contributed by atoms with E-state index in [0.29, 0.717) is 6.42 Å². The van der Waals surface area contributed by atoms with Crippen molar-refractivity contribution in [2.75, 3.05) is 5.32 Å². The van der Waals surface area contributed by atoms with Crippen LogP contribution in [0.4, 0.5) is 5.69 Å².